The summed E-state index contributed by atoms with van der Waals surface area (Å²) >= 11 is 0. The van der Waals surface area contributed by atoms with Crippen molar-refractivity contribution >= 4 is 46.8 Å². The summed E-state index contributed by atoms with van der Waals surface area (Å²) in [4.78, 5) is 50.3. The highest BCUT2D eigenvalue weighted by molar-refractivity contribution is 5.93. The van der Waals surface area contributed by atoms with E-state index in [1.165, 1.54) is 0 Å². The van der Waals surface area contributed by atoms with Gasteiger partial charge in [-0.1, -0.05) is 0 Å². The molecular formula is C32H50N6O8. The molecule has 2 rings (SSSR count). The van der Waals surface area contributed by atoms with E-state index in [1.54, 1.807) is 99.9 Å². The van der Waals surface area contributed by atoms with Gasteiger partial charge >= 0.3 is 12.2 Å². The molecule has 4 amide bonds. The molecule has 256 valence electrons. The Balaban J connectivity index is 0.000000467. The third-order valence-electron chi connectivity index (χ3n) is 5.29. The first-order chi connectivity index (χ1) is 21.4. The van der Waals surface area contributed by atoms with Crippen LogP contribution in [-0.4, -0.2) is 109 Å². The van der Waals surface area contributed by atoms with Crippen molar-refractivity contribution in [2.75, 3.05) is 74.8 Å². The van der Waals surface area contributed by atoms with Crippen molar-refractivity contribution in [3.8, 4) is 0 Å². The Morgan fingerprint density at radius 2 is 0.891 bits per heavy atom. The molecule has 0 saturated heterocycles. The van der Waals surface area contributed by atoms with Crippen LogP contribution in [0.25, 0.3) is 0 Å². The molecule has 46 heavy (non-hydrogen) atoms. The van der Waals surface area contributed by atoms with E-state index in [9.17, 15) is 19.2 Å². The topological polar surface area (TPSA) is 182 Å². The van der Waals surface area contributed by atoms with Crippen LogP contribution in [0.4, 0.5) is 32.3 Å². The van der Waals surface area contributed by atoms with Gasteiger partial charge in [0.05, 0.1) is 26.3 Å². The molecule has 0 aliphatic heterocycles. The van der Waals surface area contributed by atoms with Crippen LogP contribution >= 0.6 is 0 Å². The van der Waals surface area contributed by atoms with Gasteiger partial charge in [-0.25, -0.2) is 9.59 Å². The lowest BCUT2D eigenvalue weighted by Gasteiger charge is -2.20. The predicted octanol–water partition coefficient (Wildman–Crippen LogP) is 3.79. The normalized spacial score (nSPS) is 11.2. The Morgan fingerprint density at radius 1 is 0.587 bits per heavy atom. The number of ether oxygens (including phenoxy) is 2. The second-order valence-corrected chi connectivity index (χ2v) is 12.5. The van der Waals surface area contributed by atoms with E-state index >= 15 is 0 Å². The standard InChI is InChI=1S/C17H27N3O5.C15H23N3O3/c1-17(2,3)25-16(24)19-14-6-4-13(5-7-14)18-15(23)12-20(8-10-21)9-11-22;1-15(2,3)21-14(20)17-12-8-6-11(7-9-12)16-13(19)10-18(4)5/h4-7,21-22H,8-12H2,1-3H3,(H,18,23)(H,19,24);6-9H,10H2,1-5H3,(H,16,19)(H,17,20). The van der Waals surface area contributed by atoms with E-state index < -0.39 is 23.4 Å². The number of hydrogen-bond acceptors (Lipinski definition) is 10. The second kappa shape index (κ2) is 19.3. The molecule has 0 radical (unpaired) electrons. The van der Waals surface area contributed by atoms with Crippen LogP contribution in [0, 0.1) is 0 Å². The van der Waals surface area contributed by atoms with E-state index in [0.29, 0.717) is 42.4 Å². The Labute approximate surface area is 271 Å². The molecule has 2 aromatic carbocycles. The van der Waals surface area contributed by atoms with Crippen LogP contribution < -0.4 is 21.3 Å². The number of amides is 4. The summed E-state index contributed by atoms with van der Waals surface area (Å²) < 4.78 is 10.3. The molecule has 0 saturated carbocycles. The van der Waals surface area contributed by atoms with Crippen molar-refractivity contribution in [1.29, 1.82) is 0 Å². The number of nitrogens with one attached hydrogen (secondary N) is 4. The fraction of sp³-hybridized carbons (Fsp3) is 0.500. The maximum atomic E-state index is 12.0. The maximum absolute atomic E-state index is 12.0. The predicted molar refractivity (Wildman–Crippen MR) is 179 cm³/mol. The molecule has 0 unspecified atom stereocenters. The molecule has 14 heteroatoms. The molecule has 0 fully saturated rings. The van der Waals surface area contributed by atoms with E-state index in [1.807, 2.05) is 14.1 Å². The van der Waals surface area contributed by atoms with Gasteiger partial charge in [-0.3, -0.25) is 25.1 Å². The molecule has 2 aromatic rings. The molecule has 6 N–H and O–H groups in total. The molecule has 0 bridgehead atoms. The fourth-order valence-corrected chi connectivity index (χ4v) is 3.56. The molecule has 0 heterocycles. The largest absolute Gasteiger partial charge is 0.444 e. The van der Waals surface area contributed by atoms with Crippen LogP contribution in [0.3, 0.4) is 0 Å². The van der Waals surface area contributed by atoms with Crippen molar-refractivity contribution in [3.63, 3.8) is 0 Å². The molecule has 0 aliphatic carbocycles. The van der Waals surface area contributed by atoms with Crippen LogP contribution in [0.2, 0.25) is 0 Å². The Bertz CT molecular complexity index is 1230. The highest BCUT2D eigenvalue weighted by Crippen LogP contribution is 2.17. The monoisotopic (exact) mass is 646 g/mol. The van der Waals surface area contributed by atoms with Gasteiger partial charge in [0.25, 0.3) is 0 Å². The Kier molecular flexibility index (Phi) is 16.7. The summed E-state index contributed by atoms with van der Waals surface area (Å²) in [6, 6.07) is 13.5. The van der Waals surface area contributed by atoms with E-state index in [4.69, 9.17) is 19.7 Å². The zero-order chi connectivity index (χ0) is 34.9. The summed E-state index contributed by atoms with van der Waals surface area (Å²) in [6.07, 6.45) is -1.06. The number of hydrogen-bond donors (Lipinski definition) is 6. The lowest BCUT2D eigenvalue weighted by atomic mass is 10.2. The van der Waals surface area contributed by atoms with Gasteiger partial charge in [-0.05, 0) is 104 Å². The van der Waals surface area contributed by atoms with E-state index in [2.05, 4.69) is 21.3 Å². The van der Waals surface area contributed by atoms with Gasteiger partial charge in [0, 0.05) is 35.8 Å². The van der Waals surface area contributed by atoms with Gasteiger partial charge in [0.15, 0.2) is 0 Å². The number of aliphatic hydroxyl groups is 2. The van der Waals surface area contributed by atoms with Gasteiger partial charge in [0.2, 0.25) is 11.8 Å². The smallest absolute Gasteiger partial charge is 0.412 e. The summed E-state index contributed by atoms with van der Waals surface area (Å²) in [5.74, 6) is -0.345. The molecular weight excluding hydrogens is 596 g/mol. The number of carbonyl (C=O) groups is 4. The first kappa shape index (κ1) is 39.8. The van der Waals surface area contributed by atoms with Gasteiger partial charge in [0.1, 0.15) is 11.2 Å². The van der Waals surface area contributed by atoms with Crippen molar-refractivity contribution in [2.24, 2.45) is 0 Å². The molecule has 0 spiro atoms. The zero-order valence-corrected chi connectivity index (χ0v) is 28.1. The maximum Gasteiger partial charge on any atom is 0.412 e. The van der Waals surface area contributed by atoms with Crippen molar-refractivity contribution < 1.29 is 38.9 Å². The molecule has 0 aromatic heterocycles. The van der Waals surface area contributed by atoms with E-state index in [-0.39, 0.29) is 31.6 Å². The number of aliphatic hydroxyl groups excluding tert-OH is 2. The van der Waals surface area contributed by atoms with E-state index in [0.717, 1.165) is 0 Å². The van der Waals surface area contributed by atoms with Gasteiger partial charge in [-0.2, -0.15) is 0 Å². The van der Waals surface area contributed by atoms with Crippen molar-refractivity contribution in [1.82, 2.24) is 9.80 Å². The summed E-state index contributed by atoms with van der Waals surface area (Å²) in [5.41, 5.74) is 1.30. The highest BCUT2D eigenvalue weighted by atomic mass is 16.6. The average Bonchev–Trinajstić information content (AvgIpc) is 2.89. The third-order valence-corrected chi connectivity index (χ3v) is 5.29. The van der Waals surface area contributed by atoms with Crippen molar-refractivity contribution in [2.45, 2.75) is 52.7 Å². The second-order valence-electron chi connectivity index (χ2n) is 12.5. The van der Waals surface area contributed by atoms with Gasteiger partial charge < -0.3 is 35.2 Å². The minimum Gasteiger partial charge on any atom is -0.444 e. The van der Waals surface area contributed by atoms with Crippen LogP contribution in [0.1, 0.15) is 41.5 Å². The SMILES string of the molecule is CC(C)(C)OC(=O)Nc1ccc(NC(=O)CN(CCO)CCO)cc1.CN(C)CC(=O)Nc1ccc(NC(=O)OC(C)(C)C)cc1. The summed E-state index contributed by atoms with van der Waals surface area (Å²) in [6.45, 7) is 11.6. The Morgan fingerprint density at radius 3 is 1.17 bits per heavy atom. The minimum atomic E-state index is -0.576. The number of rotatable bonds is 12. The lowest BCUT2D eigenvalue weighted by Crippen LogP contribution is -2.37. The van der Waals surface area contributed by atoms with Crippen LogP contribution in [-0.2, 0) is 19.1 Å². The van der Waals surface area contributed by atoms with Crippen LogP contribution in [0.15, 0.2) is 48.5 Å². The number of nitrogens with zero attached hydrogens (tertiary/aromatic N) is 2. The zero-order valence-electron chi connectivity index (χ0n) is 28.1. The third kappa shape index (κ3) is 19.2. The van der Waals surface area contributed by atoms with Crippen LogP contribution in [0.5, 0.6) is 0 Å². The van der Waals surface area contributed by atoms with Crippen molar-refractivity contribution in [3.05, 3.63) is 48.5 Å². The minimum absolute atomic E-state index is 0.0685. The molecule has 14 nitrogen and oxygen atoms in total. The number of carbonyl (C=O) groups excluding carboxylic acids is 4. The average molecular weight is 647 g/mol. The first-order valence-corrected chi connectivity index (χ1v) is 14.8. The van der Waals surface area contributed by atoms with Gasteiger partial charge in [-0.15, -0.1) is 0 Å². The number of benzene rings is 2. The number of likely N-dealkylation sites (N-methyl/N-ethyl adjacent to an activating group) is 1. The first-order valence-electron chi connectivity index (χ1n) is 14.8. The quantitative estimate of drug-likeness (QED) is 0.199. The fourth-order valence-electron chi connectivity index (χ4n) is 3.56. The lowest BCUT2D eigenvalue weighted by molar-refractivity contribution is -0.118. The Hall–Kier alpha value is -4.24. The highest BCUT2D eigenvalue weighted by Gasteiger charge is 2.17. The number of anilines is 4. The molecule has 0 aliphatic rings. The molecule has 0 atom stereocenters. The summed E-state index contributed by atoms with van der Waals surface area (Å²) in [5, 5.41) is 28.6. The summed E-state index contributed by atoms with van der Waals surface area (Å²) in [7, 11) is 3.65.